The van der Waals surface area contributed by atoms with Gasteiger partial charge in [0.1, 0.15) is 0 Å². The first kappa shape index (κ1) is 13.1. The number of halogens is 1. The first-order valence-electron chi connectivity index (χ1n) is 6.69. The monoisotopic (exact) mass is 282 g/mol. The Balaban J connectivity index is 1.88. The van der Waals surface area contributed by atoms with Crippen LogP contribution >= 0.6 is 11.6 Å². The summed E-state index contributed by atoms with van der Waals surface area (Å²) < 4.78 is 0. The van der Waals surface area contributed by atoms with Gasteiger partial charge >= 0.3 is 0 Å². The first-order chi connectivity index (χ1) is 9.72. The third-order valence-corrected chi connectivity index (χ3v) is 3.63. The molecule has 1 heterocycles. The van der Waals surface area contributed by atoms with Crippen LogP contribution < -0.4 is 0 Å². The summed E-state index contributed by atoms with van der Waals surface area (Å²) in [5, 5.41) is 0.697. The van der Waals surface area contributed by atoms with Crippen LogP contribution in [-0.4, -0.2) is 9.97 Å². The lowest BCUT2D eigenvalue weighted by Gasteiger charge is -2.07. The van der Waals surface area contributed by atoms with Gasteiger partial charge < -0.3 is 0 Å². The van der Waals surface area contributed by atoms with Crippen LogP contribution in [0.4, 0.5) is 0 Å². The van der Waals surface area contributed by atoms with Crippen molar-refractivity contribution in [2.24, 2.45) is 0 Å². The van der Waals surface area contributed by atoms with Gasteiger partial charge in [0.2, 0.25) is 0 Å². The van der Waals surface area contributed by atoms with Crippen molar-refractivity contribution >= 4 is 22.6 Å². The van der Waals surface area contributed by atoms with Gasteiger partial charge in [-0.3, -0.25) is 0 Å². The Labute approximate surface area is 123 Å². The van der Waals surface area contributed by atoms with Gasteiger partial charge in [-0.1, -0.05) is 41.9 Å². The van der Waals surface area contributed by atoms with Crippen molar-refractivity contribution in [2.45, 2.75) is 19.8 Å². The molecule has 2 aromatic carbocycles. The molecule has 0 saturated carbocycles. The number of hydrogen-bond acceptors (Lipinski definition) is 2. The quantitative estimate of drug-likeness (QED) is 0.712. The predicted octanol–water partition coefficient (Wildman–Crippen LogP) is 4.38. The Hall–Kier alpha value is -1.93. The fourth-order valence-electron chi connectivity index (χ4n) is 2.30. The average molecular weight is 283 g/mol. The molecule has 0 saturated heterocycles. The van der Waals surface area contributed by atoms with Crippen molar-refractivity contribution in [3.05, 3.63) is 70.5 Å². The zero-order valence-electron chi connectivity index (χ0n) is 11.3. The van der Waals surface area contributed by atoms with E-state index in [4.69, 9.17) is 16.6 Å². The first-order valence-corrected chi connectivity index (χ1v) is 7.07. The largest absolute Gasteiger partial charge is 0.250 e. The smallest absolute Gasteiger partial charge is 0.0905 e. The molecule has 0 radical (unpaired) electrons. The highest BCUT2D eigenvalue weighted by Gasteiger charge is 2.06. The number of aryl methyl sites for hydroxylation is 3. The molecule has 0 aliphatic rings. The molecule has 0 N–H and O–H groups in total. The van der Waals surface area contributed by atoms with Crippen molar-refractivity contribution in [1.29, 1.82) is 0 Å². The Morgan fingerprint density at radius 2 is 1.70 bits per heavy atom. The fourth-order valence-corrected chi connectivity index (χ4v) is 2.46. The Morgan fingerprint density at radius 1 is 0.900 bits per heavy atom. The second-order valence-electron chi connectivity index (χ2n) is 4.87. The van der Waals surface area contributed by atoms with E-state index in [9.17, 15) is 0 Å². The molecule has 0 aliphatic heterocycles. The Bertz CT molecular complexity index is 739. The second-order valence-corrected chi connectivity index (χ2v) is 5.31. The van der Waals surface area contributed by atoms with Gasteiger partial charge in [0, 0.05) is 5.02 Å². The molecule has 2 nitrogen and oxygen atoms in total. The van der Waals surface area contributed by atoms with Gasteiger partial charge in [-0.05, 0) is 43.5 Å². The lowest BCUT2D eigenvalue weighted by atomic mass is 10.1. The summed E-state index contributed by atoms with van der Waals surface area (Å²) in [6.07, 6.45) is 1.89. The maximum Gasteiger partial charge on any atom is 0.0905 e. The van der Waals surface area contributed by atoms with Crippen LogP contribution in [0.5, 0.6) is 0 Å². The predicted molar refractivity (Wildman–Crippen MR) is 83.1 cm³/mol. The highest BCUT2D eigenvalue weighted by molar-refractivity contribution is 6.31. The SMILES string of the molecule is Cc1nc2cc(Cl)ccc2nc1CCc1ccccc1. The fraction of sp³-hybridized carbons (Fsp3) is 0.176. The molecule has 0 amide bonds. The highest BCUT2D eigenvalue weighted by atomic mass is 35.5. The van der Waals surface area contributed by atoms with E-state index in [1.165, 1.54) is 5.56 Å². The third kappa shape index (κ3) is 2.81. The van der Waals surface area contributed by atoms with E-state index in [0.717, 1.165) is 35.3 Å². The van der Waals surface area contributed by atoms with E-state index in [-0.39, 0.29) is 0 Å². The van der Waals surface area contributed by atoms with E-state index in [1.807, 2.05) is 31.2 Å². The minimum absolute atomic E-state index is 0.697. The summed E-state index contributed by atoms with van der Waals surface area (Å²) in [5.74, 6) is 0. The summed E-state index contributed by atoms with van der Waals surface area (Å²) >= 11 is 5.98. The maximum atomic E-state index is 5.98. The number of nitrogens with zero attached hydrogens (tertiary/aromatic N) is 2. The third-order valence-electron chi connectivity index (χ3n) is 3.39. The van der Waals surface area contributed by atoms with Gasteiger partial charge in [-0.25, -0.2) is 9.97 Å². The maximum absolute atomic E-state index is 5.98. The second kappa shape index (κ2) is 5.59. The topological polar surface area (TPSA) is 25.8 Å². The minimum Gasteiger partial charge on any atom is -0.250 e. The number of fused-ring (bicyclic) bond motifs is 1. The van der Waals surface area contributed by atoms with Gasteiger partial charge in [0.05, 0.1) is 22.4 Å². The summed E-state index contributed by atoms with van der Waals surface area (Å²) in [5.41, 5.74) is 5.13. The zero-order chi connectivity index (χ0) is 13.9. The van der Waals surface area contributed by atoms with Crippen LogP contribution in [0.2, 0.25) is 5.02 Å². The van der Waals surface area contributed by atoms with Crippen LogP contribution in [-0.2, 0) is 12.8 Å². The number of hydrogen-bond donors (Lipinski definition) is 0. The molecule has 3 heteroatoms. The van der Waals surface area contributed by atoms with E-state index < -0.39 is 0 Å². The summed E-state index contributed by atoms with van der Waals surface area (Å²) in [6.45, 7) is 2.01. The van der Waals surface area contributed by atoms with Gasteiger partial charge in [0.15, 0.2) is 0 Å². The van der Waals surface area contributed by atoms with Crippen LogP contribution in [0, 0.1) is 6.92 Å². The summed E-state index contributed by atoms with van der Waals surface area (Å²) in [4.78, 5) is 9.31. The van der Waals surface area contributed by atoms with Crippen molar-refractivity contribution in [3.8, 4) is 0 Å². The van der Waals surface area contributed by atoms with Crippen molar-refractivity contribution < 1.29 is 0 Å². The Kier molecular flexibility index (Phi) is 3.66. The number of benzene rings is 2. The highest BCUT2D eigenvalue weighted by Crippen LogP contribution is 2.18. The molecule has 100 valence electrons. The van der Waals surface area contributed by atoms with Crippen LogP contribution in [0.3, 0.4) is 0 Å². The van der Waals surface area contributed by atoms with Crippen molar-refractivity contribution in [3.63, 3.8) is 0 Å². The molecule has 1 aromatic heterocycles. The lowest BCUT2D eigenvalue weighted by Crippen LogP contribution is -2.01. The zero-order valence-corrected chi connectivity index (χ0v) is 12.1. The summed E-state index contributed by atoms with van der Waals surface area (Å²) in [7, 11) is 0. The molecule has 0 fully saturated rings. The van der Waals surface area contributed by atoms with Crippen molar-refractivity contribution in [1.82, 2.24) is 9.97 Å². The molecule has 3 rings (SSSR count). The molecule has 0 bridgehead atoms. The van der Waals surface area contributed by atoms with E-state index in [0.29, 0.717) is 5.02 Å². The van der Waals surface area contributed by atoms with Crippen molar-refractivity contribution in [2.75, 3.05) is 0 Å². The average Bonchev–Trinajstić information content (AvgIpc) is 2.46. The molecule has 3 aromatic rings. The molecular weight excluding hydrogens is 268 g/mol. The van der Waals surface area contributed by atoms with Crippen LogP contribution in [0.1, 0.15) is 17.0 Å². The van der Waals surface area contributed by atoms with Gasteiger partial charge in [-0.15, -0.1) is 0 Å². The lowest BCUT2D eigenvalue weighted by molar-refractivity contribution is 0.893. The van der Waals surface area contributed by atoms with Gasteiger partial charge in [-0.2, -0.15) is 0 Å². The molecule has 20 heavy (non-hydrogen) atoms. The standard InChI is InChI=1S/C17H15ClN2/c1-12-15(9-7-13-5-3-2-4-6-13)20-16-10-8-14(18)11-17(16)19-12/h2-6,8,10-11H,7,9H2,1H3. The molecule has 0 unspecified atom stereocenters. The molecule has 0 aliphatic carbocycles. The normalized spacial score (nSPS) is 10.9. The summed E-state index contributed by atoms with van der Waals surface area (Å²) in [6, 6.07) is 16.1. The van der Waals surface area contributed by atoms with Gasteiger partial charge in [0.25, 0.3) is 0 Å². The van der Waals surface area contributed by atoms with E-state index in [2.05, 4.69) is 29.2 Å². The van der Waals surface area contributed by atoms with E-state index >= 15 is 0 Å². The number of rotatable bonds is 3. The molecular formula is C17H15ClN2. The molecule has 0 spiro atoms. The Morgan fingerprint density at radius 3 is 2.50 bits per heavy atom. The van der Waals surface area contributed by atoms with Crippen LogP contribution in [0.25, 0.3) is 11.0 Å². The number of aromatic nitrogens is 2. The minimum atomic E-state index is 0.697. The van der Waals surface area contributed by atoms with Crippen LogP contribution in [0.15, 0.2) is 48.5 Å². The van der Waals surface area contributed by atoms with E-state index in [1.54, 1.807) is 0 Å². The molecule has 0 atom stereocenters.